The molecule has 1 aliphatic rings. The fourth-order valence-corrected chi connectivity index (χ4v) is 2.93. The quantitative estimate of drug-likeness (QED) is 0.790. The number of hydrogen-bond donors (Lipinski definition) is 1. The van der Waals surface area contributed by atoms with E-state index < -0.39 is 17.7 Å². The molecule has 29 heavy (non-hydrogen) atoms. The van der Waals surface area contributed by atoms with E-state index in [1.165, 1.54) is 36.4 Å². The van der Waals surface area contributed by atoms with Crippen molar-refractivity contribution in [2.75, 3.05) is 31.6 Å². The number of nitrogens with zero attached hydrogens (tertiary/aromatic N) is 1. The number of anilines is 1. The molecule has 1 heterocycles. The van der Waals surface area contributed by atoms with Gasteiger partial charge in [0.2, 0.25) is 5.91 Å². The van der Waals surface area contributed by atoms with Crippen molar-refractivity contribution in [1.82, 2.24) is 4.90 Å². The molecule has 1 N–H and O–H groups in total. The second kappa shape index (κ2) is 8.91. The van der Waals surface area contributed by atoms with Gasteiger partial charge in [-0.3, -0.25) is 9.59 Å². The van der Waals surface area contributed by atoms with Crippen molar-refractivity contribution in [1.29, 1.82) is 0 Å². The lowest BCUT2D eigenvalue weighted by atomic mass is 10.1. The molecule has 0 spiro atoms. The van der Waals surface area contributed by atoms with Crippen molar-refractivity contribution in [3.8, 4) is 0 Å². The molecule has 5 nitrogen and oxygen atoms in total. The number of amides is 2. The molecule has 0 atom stereocenters. The van der Waals surface area contributed by atoms with Crippen molar-refractivity contribution in [2.45, 2.75) is 6.18 Å². The van der Waals surface area contributed by atoms with Crippen LogP contribution in [0.25, 0.3) is 5.57 Å². The van der Waals surface area contributed by atoms with Gasteiger partial charge in [0, 0.05) is 30.4 Å². The van der Waals surface area contributed by atoms with E-state index in [1.807, 2.05) is 0 Å². The molecule has 0 saturated carbocycles. The number of alkyl halides is 3. The monoisotopic (exact) mass is 404 g/mol. The molecule has 1 aliphatic heterocycles. The lowest BCUT2D eigenvalue weighted by molar-refractivity contribution is -0.112. The van der Waals surface area contributed by atoms with Gasteiger partial charge in [0.1, 0.15) is 0 Å². The van der Waals surface area contributed by atoms with Crippen LogP contribution in [-0.2, 0) is 9.53 Å². The molecule has 2 amide bonds. The lowest BCUT2D eigenvalue weighted by Crippen LogP contribution is -2.40. The summed E-state index contributed by atoms with van der Waals surface area (Å²) in [4.78, 5) is 26.4. The highest BCUT2D eigenvalue weighted by Gasteiger charge is 2.35. The topological polar surface area (TPSA) is 58.6 Å². The maximum atomic E-state index is 13.4. The van der Waals surface area contributed by atoms with Gasteiger partial charge in [-0.05, 0) is 23.8 Å². The molecule has 1 fully saturated rings. The largest absolute Gasteiger partial charge is 0.417 e. The molecular weight excluding hydrogens is 385 g/mol. The lowest BCUT2D eigenvalue weighted by Gasteiger charge is -2.27. The Bertz CT molecular complexity index is 905. The maximum Gasteiger partial charge on any atom is 0.417 e. The predicted molar refractivity (Wildman–Crippen MR) is 102 cm³/mol. The summed E-state index contributed by atoms with van der Waals surface area (Å²) in [6.07, 6.45) is -4.17. The summed E-state index contributed by atoms with van der Waals surface area (Å²) < 4.78 is 45.3. The van der Waals surface area contributed by atoms with E-state index in [0.717, 1.165) is 0 Å². The average molecular weight is 404 g/mol. The Morgan fingerprint density at radius 1 is 0.966 bits per heavy atom. The molecule has 152 valence electrons. The molecule has 0 bridgehead atoms. The molecular formula is C21H19F3N2O3. The number of carbonyl (C=O) groups is 2. The molecule has 0 aromatic heterocycles. The Balaban J connectivity index is 1.77. The van der Waals surface area contributed by atoms with Gasteiger partial charge in [0.05, 0.1) is 18.8 Å². The van der Waals surface area contributed by atoms with Crippen LogP contribution in [0.5, 0.6) is 0 Å². The van der Waals surface area contributed by atoms with E-state index in [-0.39, 0.29) is 17.2 Å². The summed E-state index contributed by atoms with van der Waals surface area (Å²) in [5, 5.41) is 2.40. The highest BCUT2D eigenvalue weighted by molar-refractivity contribution is 6.05. The summed E-state index contributed by atoms with van der Waals surface area (Å²) in [5.41, 5.74) is -0.574. The fourth-order valence-electron chi connectivity index (χ4n) is 2.93. The standard InChI is InChI=1S/C21H19F3N2O3/c22-21(23,24)18(15-5-2-1-3-6-15)14-19(27)25-17-8-4-7-16(13-17)20(28)26-9-11-29-12-10-26/h1-8,13-14H,9-12H2,(H,25,27)/b18-14+. The zero-order valence-electron chi connectivity index (χ0n) is 15.4. The van der Waals surface area contributed by atoms with Crippen molar-refractivity contribution < 1.29 is 27.5 Å². The van der Waals surface area contributed by atoms with E-state index in [9.17, 15) is 22.8 Å². The fraction of sp³-hybridized carbons (Fsp3) is 0.238. The number of rotatable bonds is 4. The van der Waals surface area contributed by atoms with E-state index in [1.54, 1.807) is 23.1 Å². The minimum atomic E-state index is -4.69. The first-order chi connectivity index (χ1) is 13.8. The summed E-state index contributed by atoms with van der Waals surface area (Å²) in [7, 11) is 0. The van der Waals surface area contributed by atoms with E-state index in [4.69, 9.17) is 4.74 Å². The van der Waals surface area contributed by atoms with Crippen LogP contribution in [0.1, 0.15) is 15.9 Å². The van der Waals surface area contributed by atoms with Gasteiger partial charge in [-0.2, -0.15) is 13.2 Å². The third kappa shape index (κ3) is 5.45. The second-order valence-corrected chi connectivity index (χ2v) is 6.40. The van der Waals surface area contributed by atoms with Crippen LogP contribution < -0.4 is 5.32 Å². The average Bonchev–Trinajstić information content (AvgIpc) is 2.72. The minimum absolute atomic E-state index is 0.105. The molecule has 0 aliphatic carbocycles. The summed E-state index contributed by atoms with van der Waals surface area (Å²) >= 11 is 0. The highest BCUT2D eigenvalue weighted by atomic mass is 19.4. The normalized spacial score (nSPS) is 15.1. The van der Waals surface area contributed by atoms with Gasteiger partial charge in [-0.25, -0.2) is 0 Å². The first-order valence-electron chi connectivity index (χ1n) is 8.97. The Hall–Kier alpha value is -3.13. The molecule has 8 heteroatoms. The number of ether oxygens (including phenoxy) is 1. The van der Waals surface area contributed by atoms with Crippen LogP contribution in [0, 0.1) is 0 Å². The van der Waals surface area contributed by atoms with E-state index in [0.29, 0.717) is 37.9 Å². The summed E-state index contributed by atoms with van der Waals surface area (Å²) in [6, 6.07) is 13.2. The van der Waals surface area contributed by atoms with Gasteiger partial charge in [-0.1, -0.05) is 36.4 Å². The van der Waals surface area contributed by atoms with Gasteiger partial charge in [-0.15, -0.1) is 0 Å². The van der Waals surface area contributed by atoms with E-state index >= 15 is 0 Å². The smallest absolute Gasteiger partial charge is 0.378 e. The van der Waals surface area contributed by atoms with Crippen LogP contribution >= 0.6 is 0 Å². The predicted octanol–water partition coefficient (Wildman–Crippen LogP) is 3.74. The first-order valence-corrected chi connectivity index (χ1v) is 8.97. The van der Waals surface area contributed by atoms with Crippen LogP contribution in [0.2, 0.25) is 0 Å². The molecule has 2 aromatic rings. The Kier molecular flexibility index (Phi) is 6.33. The van der Waals surface area contributed by atoms with Crippen LogP contribution in [0.15, 0.2) is 60.7 Å². The van der Waals surface area contributed by atoms with Gasteiger partial charge in [0.15, 0.2) is 0 Å². The number of carbonyl (C=O) groups excluding carboxylic acids is 2. The number of morpholine rings is 1. The first kappa shape index (κ1) is 20.6. The Morgan fingerprint density at radius 3 is 2.28 bits per heavy atom. The minimum Gasteiger partial charge on any atom is -0.378 e. The molecule has 0 radical (unpaired) electrons. The van der Waals surface area contributed by atoms with Gasteiger partial charge >= 0.3 is 6.18 Å². The van der Waals surface area contributed by atoms with Crippen molar-refractivity contribution in [2.24, 2.45) is 0 Å². The maximum absolute atomic E-state index is 13.4. The van der Waals surface area contributed by atoms with Crippen molar-refractivity contribution in [3.05, 3.63) is 71.8 Å². The van der Waals surface area contributed by atoms with Gasteiger partial charge in [0.25, 0.3) is 5.91 Å². The second-order valence-electron chi connectivity index (χ2n) is 6.40. The van der Waals surface area contributed by atoms with Crippen LogP contribution in [0.4, 0.5) is 18.9 Å². The zero-order valence-corrected chi connectivity index (χ0v) is 15.4. The third-order valence-corrected chi connectivity index (χ3v) is 4.34. The van der Waals surface area contributed by atoms with Crippen molar-refractivity contribution in [3.63, 3.8) is 0 Å². The zero-order chi connectivity index (χ0) is 20.9. The SMILES string of the molecule is O=C(/C=C(\c1ccccc1)C(F)(F)F)Nc1cccc(C(=O)N2CCOCC2)c1. The van der Waals surface area contributed by atoms with Crippen LogP contribution in [-0.4, -0.2) is 49.2 Å². The number of allylic oxidation sites excluding steroid dienone is 1. The number of benzene rings is 2. The molecule has 2 aromatic carbocycles. The molecule has 1 saturated heterocycles. The van der Waals surface area contributed by atoms with Crippen LogP contribution in [0.3, 0.4) is 0 Å². The molecule has 0 unspecified atom stereocenters. The van der Waals surface area contributed by atoms with Crippen molar-refractivity contribution >= 4 is 23.1 Å². The molecule has 3 rings (SSSR count). The third-order valence-electron chi connectivity index (χ3n) is 4.34. The number of nitrogens with one attached hydrogen (secondary N) is 1. The summed E-state index contributed by atoms with van der Waals surface area (Å²) in [5.74, 6) is -1.16. The Labute approximate surface area is 165 Å². The highest BCUT2D eigenvalue weighted by Crippen LogP contribution is 2.33. The van der Waals surface area contributed by atoms with Gasteiger partial charge < -0.3 is 15.0 Å². The number of halogens is 3. The Morgan fingerprint density at radius 2 is 1.62 bits per heavy atom. The van der Waals surface area contributed by atoms with E-state index in [2.05, 4.69) is 5.32 Å². The summed E-state index contributed by atoms with van der Waals surface area (Å²) in [6.45, 7) is 1.83. The number of hydrogen-bond acceptors (Lipinski definition) is 3.